The lowest BCUT2D eigenvalue weighted by molar-refractivity contribution is -0.126. The van der Waals surface area contributed by atoms with Crippen molar-refractivity contribution in [1.82, 2.24) is 9.62 Å². The molecule has 0 saturated carbocycles. The quantitative estimate of drug-likeness (QED) is 0.499. The lowest BCUT2D eigenvalue weighted by atomic mass is 9.97. The first-order valence-electron chi connectivity index (χ1n) is 11.9. The van der Waals surface area contributed by atoms with Crippen molar-refractivity contribution in [1.29, 1.82) is 0 Å². The number of amides is 1. The van der Waals surface area contributed by atoms with Crippen LogP contribution in [0.5, 0.6) is 5.75 Å². The molecule has 6 nitrogen and oxygen atoms in total. The van der Waals surface area contributed by atoms with Crippen LogP contribution in [-0.4, -0.2) is 31.7 Å². The van der Waals surface area contributed by atoms with Crippen molar-refractivity contribution in [3.05, 3.63) is 95.1 Å². The van der Waals surface area contributed by atoms with Gasteiger partial charge >= 0.3 is 0 Å². The monoisotopic (exact) mass is 492 g/mol. The van der Waals surface area contributed by atoms with E-state index in [2.05, 4.69) is 5.32 Å². The normalized spacial score (nSPS) is 15.0. The number of carbonyl (C=O) groups excluding carboxylic acids is 1. The fraction of sp³-hybridized carbons (Fsp3) is 0.321. The maximum atomic E-state index is 13.1. The molecule has 0 aliphatic carbocycles. The third-order valence-corrected chi connectivity index (χ3v) is 8.47. The van der Waals surface area contributed by atoms with E-state index in [1.165, 1.54) is 4.31 Å². The third kappa shape index (κ3) is 6.29. The number of benzene rings is 3. The first-order valence-corrected chi connectivity index (χ1v) is 13.4. The zero-order valence-electron chi connectivity index (χ0n) is 20.2. The van der Waals surface area contributed by atoms with Gasteiger partial charge in [-0.25, -0.2) is 8.42 Å². The summed E-state index contributed by atoms with van der Waals surface area (Å²) in [5, 5.41) is 3.01. The van der Waals surface area contributed by atoms with Gasteiger partial charge in [0.2, 0.25) is 15.9 Å². The van der Waals surface area contributed by atoms with E-state index in [-0.39, 0.29) is 11.8 Å². The molecule has 1 aliphatic heterocycles. The van der Waals surface area contributed by atoms with E-state index >= 15 is 0 Å². The molecule has 1 heterocycles. The summed E-state index contributed by atoms with van der Waals surface area (Å²) >= 11 is 0. The van der Waals surface area contributed by atoms with Crippen molar-refractivity contribution in [2.45, 2.75) is 44.7 Å². The second-order valence-electron chi connectivity index (χ2n) is 9.08. The predicted molar refractivity (Wildman–Crippen MR) is 136 cm³/mol. The summed E-state index contributed by atoms with van der Waals surface area (Å²) in [5.74, 6) is 0.626. The molecule has 0 atom stereocenters. The molecular formula is C28H32N2O4S. The number of sulfonamides is 1. The Morgan fingerprint density at radius 2 is 1.60 bits per heavy atom. The first kappa shape index (κ1) is 24.9. The summed E-state index contributed by atoms with van der Waals surface area (Å²) in [7, 11) is -3.55. The molecule has 1 saturated heterocycles. The minimum atomic E-state index is -3.55. The molecule has 1 aliphatic rings. The van der Waals surface area contributed by atoms with Gasteiger partial charge in [-0.1, -0.05) is 60.2 Å². The number of nitrogens with zero attached hydrogens (tertiary/aromatic N) is 1. The number of carbonyl (C=O) groups is 1. The Balaban J connectivity index is 1.24. The van der Waals surface area contributed by atoms with Crippen LogP contribution >= 0.6 is 0 Å². The molecule has 3 aromatic carbocycles. The maximum Gasteiger partial charge on any atom is 0.243 e. The van der Waals surface area contributed by atoms with Gasteiger partial charge in [0, 0.05) is 25.6 Å². The number of ether oxygens (including phenoxy) is 1. The molecule has 0 unspecified atom stereocenters. The highest BCUT2D eigenvalue weighted by molar-refractivity contribution is 7.89. The summed E-state index contributed by atoms with van der Waals surface area (Å²) in [6.07, 6.45) is 1.04. The fourth-order valence-corrected chi connectivity index (χ4v) is 6.03. The maximum absolute atomic E-state index is 13.1. The molecule has 4 rings (SSSR count). The van der Waals surface area contributed by atoms with E-state index in [9.17, 15) is 13.2 Å². The summed E-state index contributed by atoms with van der Waals surface area (Å²) in [6, 6.07) is 23.0. The van der Waals surface area contributed by atoms with Crippen LogP contribution in [0.2, 0.25) is 0 Å². The summed E-state index contributed by atoms with van der Waals surface area (Å²) in [6.45, 7) is 5.40. The summed E-state index contributed by atoms with van der Waals surface area (Å²) in [5.41, 5.74) is 3.85. The number of aryl methyl sites for hydroxylation is 2. The van der Waals surface area contributed by atoms with Gasteiger partial charge in [-0.2, -0.15) is 4.31 Å². The Morgan fingerprint density at radius 1 is 0.943 bits per heavy atom. The van der Waals surface area contributed by atoms with Crippen LogP contribution < -0.4 is 10.1 Å². The van der Waals surface area contributed by atoms with E-state index in [0.717, 1.165) is 28.0 Å². The topological polar surface area (TPSA) is 75.7 Å². The fourth-order valence-electron chi connectivity index (χ4n) is 4.36. The van der Waals surface area contributed by atoms with Crippen LogP contribution in [0.4, 0.5) is 0 Å². The molecule has 0 radical (unpaired) electrons. The molecular weight excluding hydrogens is 460 g/mol. The van der Waals surface area contributed by atoms with Crippen LogP contribution in [-0.2, 0) is 28.0 Å². The predicted octanol–water partition coefficient (Wildman–Crippen LogP) is 4.60. The highest BCUT2D eigenvalue weighted by atomic mass is 32.2. The molecule has 1 amide bonds. The van der Waals surface area contributed by atoms with Crippen molar-refractivity contribution in [3.63, 3.8) is 0 Å². The Bertz CT molecular complexity index is 1250. The third-order valence-electron chi connectivity index (χ3n) is 6.41. The average molecular weight is 493 g/mol. The van der Waals surface area contributed by atoms with Gasteiger partial charge < -0.3 is 10.1 Å². The second kappa shape index (κ2) is 11.1. The standard InChI is InChI=1S/C28H32N2O4S/c1-21-8-13-27(22(2)18-21)35(32,33)30-16-14-25(15-17-30)28(31)29-19-23-9-11-24(12-10-23)20-34-26-6-4-3-5-7-26/h3-13,18,25H,14-17,19-20H2,1-2H3,(H,29,31). The number of piperidine rings is 1. The Kier molecular flexibility index (Phi) is 7.88. The average Bonchev–Trinajstić information content (AvgIpc) is 2.87. The van der Waals surface area contributed by atoms with Gasteiger partial charge in [0.15, 0.2) is 0 Å². The zero-order chi connectivity index (χ0) is 24.8. The first-order chi connectivity index (χ1) is 16.8. The molecule has 1 N–H and O–H groups in total. The number of rotatable bonds is 8. The number of para-hydroxylation sites is 1. The van der Waals surface area contributed by atoms with Crippen molar-refractivity contribution < 1.29 is 17.9 Å². The largest absolute Gasteiger partial charge is 0.489 e. The molecule has 7 heteroatoms. The van der Waals surface area contributed by atoms with E-state index in [1.807, 2.05) is 80.6 Å². The van der Waals surface area contributed by atoms with E-state index in [4.69, 9.17) is 4.74 Å². The summed E-state index contributed by atoms with van der Waals surface area (Å²) < 4.78 is 33.4. The van der Waals surface area contributed by atoms with Crippen molar-refractivity contribution in [2.24, 2.45) is 5.92 Å². The van der Waals surface area contributed by atoms with Gasteiger partial charge in [0.25, 0.3) is 0 Å². The lowest BCUT2D eigenvalue weighted by Crippen LogP contribution is -2.43. The van der Waals surface area contributed by atoms with E-state index in [0.29, 0.717) is 44.0 Å². The Morgan fingerprint density at radius 3 is 2.26 bits per heavy atom. The van der Waals surface area contributed by atoms with E-state index < -0.39 is 10.0 Å². The van der Waals surface area contributed by atoms with Crippen molar-refractivity contribution in [2.75, 3.05) is 13.1 Å². The molecule has 0 spiro atoms. The smallest absolute Gasteiger partial charge is 0.243 e. The highest BCUT2D eigenvalue weighted by Gasteiger charge is 2.32. The number of nitrogens with one attached hydrogen (secondary N) is 1. The number of hydrogen-bond donors (Lipinski definition) is 1. The van der Waals surface area contributed by atoms with Crippen LogP contribution in [0.3, 0.4) is 0 Å². The van der Waals surface area contributed by atoms with Crippen LogP contribution in [0.25, 0.3) is 0 Å². The van der Waals surface area contributed by atoms with Gasteiger partial charge in [-0.05, 0) is 61.6 Å². The summed E-state index contributed by atoms with van der Waals surface area (Å²) in [4.78, 5) is 13.1. The highest BCUT2D eigenvalue weighted by Crippen LogP contribution is 2.26. The van der Waals surface area contributed by atoms with Crippen molar-refractivity contribution in [3.8, 4) is 5.75 Å². The molecule has 0 bridgehead atoms. The Labute approximate surface area is 208 Å². The minimum Gasteiger partial charge on any atom is -0.489 e. The van der Waals surface area contributed by atoms with E-state index in [1.54, 1.807) is 6.07 Å². The molecule has 0 aromatic heterocycles. The molecule has 3 aromatic rings. The van der Waals surface area contributed by atoms with Crippen LogP contribution in [0, 0.1) is 19.8 Å². The van der Waals surface area contributed by atoms with Crippen LogP contribution in [0.1, 0.15) is 35.1 Å². The van der Waals surface area contributed by atoms with Crippen LogP contribution in [0.15, 0.2) is 77.7 Å². The van der Waals surface area contributed by atoms with Crippen molar-refractivity contribution >= 4 is 15.9 Å². The van der Waals surface area contributed by atoms with Gasteiger partial charge in [0.05, 0.1) is 4.90 Å². The molecule has 35 heavy (non-hydrogen) atoms. The van der Waals surface area contributed by atoms with Gasteiger partial charge in [-0.3, -0.25) is 4.79 Å². The number of hydrogen-bond acceptors (Lipinski definition) is 4. The molecule has 1 fully saturated rings. The second-order valence-corrected chi connectivity index (χ2v) is 11.0. The Hall–Kier alpha value is -3.16. The van der Waals surface area contributed by atoms with Gasteiger partial charge in [0.1, 0.15) is 12.4 Å². The SMILES string of the molecule is Cc1ccc(S(=O)(=O)N2CCC(C(=O)NCc3ccc(COc4ccccc4)cc3)CC2)c(C)c1. The zero-order valence-corrected chi connectivity index (χ0v) is 21.1. The molecule has 184 valence electrons. The minimum absolute atomic E-state index is 0.0231. The van der Waals surface area contributed by atoms with Gasteiger partial charge in [-0.15, -0.1) is 0 Å². The lowest BCUT2D eigenvalue weighted by Gasteiger charge is -2.31.